The van der Waals surface area contributed by atoms with Crippen molar-refractivity contribution in [3.8, 4) is 10.8 Å². The first kappa shape index (κ1) is 16.0. The van der Waals surface area contributed by atoms with Crippen molar-refractivity contribution in [1.29, 1.82) is 0 Å². The van der Waals surface area contributed by atoms with Crippen LogP contribution in [0.4, 0.5) is 0 Å². The van der Waals surface area contributed by atoms with E-state index in [1.165, 1.54) is 4.88 Å². The first-order valence-corrected chi connectivity index (χ1v) is 10.0. The van der Waals surface area contributed by atoms with E-state index >= 15 is 0 Å². The number of aryl methyl sites for hydroxylation is 1. The summed E-state index contributed by atoms with van der Waals surface area (Å²) >= 11 is 3.52. The van der Waals surface area contributed by atoms with Gasteiger partial charge in [-0.25, -0.2) is 4.98 Å². The number of rotatable bonds is 5. The van der Waals surface area contributed by atoms with E-state index in [1.54, 1.807) is 11.3 Å². The lowest BCUT2D eigenvalue weighted by Crippen LogP contribution is -2.45. The second-order valence-electron chi connectivity index (χ2n) is 6.13. The van der Waals surface area contributed by atoms with Gasteiger partial charge in [0.1, 0.15) is 5.76 Å². The summed E-state index contributed by atoms with van der Waals surface area (Å²) in [4.78, 5) is 12.3. The van der Waals surface area contributed by atoms with Crippen molar-refractivity contribution in [1.82, 2.24) is 14.8 Å². The van der Waals surface area contributed by atoms with Crippen molar-refractivity contribution in [2.24, 2.45) is 0 Å². The Morgan fingerprint density at radius 1 is 1.00 bits per heavy atom. The highest BCUT2D eigenvalue weighted by Gasteiger charge is 2.20. The van der Waals surface area contributed by atoms with Crippen molar-refractivity contribution in [2.75, 3.05) is 26.2 Å². The molecule has 1 fully saturated rings. The van der Waals surface area contributed by atoms with E-state index in [0.29, 0.717) is 0 Å². The van der Waals surface area contributed by atoms with Gasteiger partial charge in [-0.15, -0.1) is 22.7 Å². The van der Waals surface area contributed by atoms with E-state index in [9.17, 15) is 0 Å². The molecule has 3 aromatic rings. The number of hydrogen-bond donors (Lipinski definition) is 0. The van der Waals surface area contributed by atoms with Gasteiger partial charge in [0.2, 0.25) is 5.89 Å². The lowest BCUT2D eigenvalue weighted by Gasteiger charge is -2.34. The molecule has 1 saturated heterocycles. The molecule has 0 amide bonds. The molecule has 0 saturated carbocycles. The summed E-state index contributed by atoms with van der Waals surface area (Å²) in [6, 6.07) is 8.45. The Labute approximate surface area is 150 Å². The minimum atomic E-state index is 0.758. The molecule has 4 heterocycles. The lowest BCUT2D eigenvalue weighted by molar-refractivity contribution is 0.121. The van der Waals surface area contributed by atoms with Crippen LogP contribution in [0.1, 0.15) is 16.3 Å². The summed E-state index contributed by atoms with van der Waals surface area (Å²) < 4.78 is 5.86. The van der Waals surface area contributed by atoms with Crippen molar-refractivity contribution < 1.29 is 4.42 Å². The Morgan fingerprint density at radius 2 is 1.71 bits per heavy atom. The molecule has 3 aromatic heterocycles. The number of hydrogen-bond acceptors (Lipinski definition) is 6. The highest BCUT2D eigenvalue weighted by molar-refractivity contribution is 7.13. The van der Waals surface area contributed by atoms with Gasteiger partial charge in [-0.2, -0.15) is 0 Å². The van der Waals surface area contributed by atoms with Crippen LogP contribution < -0.4 is 0 Å². The minimum absolute atomic E-state index is 0.758. The molecule has 0 atom stereocenters. The third-order valence-corrected chi connectivity index (χ3v) is 6.14. The predicted molar refractivity (Wildman–Crippen MR) is 99.4 cm³/mol. The van der Waals surface area contributed by atoms with E-state index in [4.69, 9.17) is 9.40 Å². The van der Waals surface area contributed by atoms with Crippen LogP contribution in [-0.2, 0) is 13.1 Å². The zero-order valence-electron chi connectivity index (χ0n) is 13.8. The fraction of sp³-hybridized carbons (Fsp3) is 0.389. The molecule has 0 radical (unpaired) electrons. The SMILES string of the molecule is Cc1oc(-c2cccs2)nc1CN1CCN(Cc2cccs2)CC1. The number of nitrogens with zero attached hydrogens (tertiary/aromatic N) is 3. The first-order chi connectivity index (χ1) is 11.8. The normalized spacial score (nSPS) is 16.7. The van der Waals surface area contributed by atoms with Gasteiger partial charge in [-0.3, -0.25) is 9.80 Å². The summed E-state index contributed by atoms with van der Waals surface area (Å²) in [5.41, 5.74) is 1.07. The zero-order valence-corrected chi connectivity index (χ0v) is 15.4. The van der Waals surface area contributed by atoms with Gasteiger partial charge < -0.3 is 4.42 Å². The fourth-order valence-corrected chi connectivity index (χ4v) is 4.42. The van der Waals surface area contributed by atoms with Crippen molar-refractivity contribution in [3.05, 3.63) is 51.4 Å². The summed E-state index contributed by atoms with van der Waals surface area (Å²) in [6.45, 7) is 8.40. The highest BCUT2D eigenvalue weighted by atomic mass is 32.1. The molecule has 126 valence electrons. The topological polar surface area (TPSA) is 32.5 Å². The maximum absolute atomic E-state index is 5.86. The molecular weight excluding hydrogens is 338 g/mol. The Bertz CT molecular complexity index is 756. The van der Waals surface area contributed by atoms with Crippen LogP contribution in [0.15, 0.2) is 39.4 Å². The van der Waals surface area contributed by atoms with Gasteiger partial charge in [0, 0.05) is 44.1 Å². The average Bonchev–Trinajstić information content (AvgIpc) is 3.32. The highest BCUT2D eigenvalue weighted by Crippen LogP contribution is 2.26. The van der Waals surface area contributed by atoms with Crippen molar-refractivity contribution >= 4 is 22.7 Å². The number of oxazole rings is 1. The Hall–Kier alpha value is -1.47. The third kappa shape index (κ3) is 3.62. The Balaban J connectivity index is 1.34. The molecular formula is C18H21N3OS2. The molecule has 24 heavy (non-hydrogen) atoms. The van der Waals surface area contributed by atoms with E-state index in [2.05, 4.69) is 38.8 Å². The molecule has 0 aliphatic carbocycles. The third-order valence-electron chi connectivity index (χ3n) is 4.42. The average molecular weight is 360 g/mol. The Morgan fingerprint density at radius 3 is 2.38 bits per heavy atom. The smallest absolute Gasteiger partial charge is 0.236 e. The second-order valence-corrected chi connectivity index (χ2v) is 8.11. The quantitative estimate of drug-likeness (QED) is 0.687. The molecule has 1 aliphatic heterocycles. The zero-order chi connectivity index (χ0) is 16.4. The molecule has 0 N–H and O–H groups in total. The van der Waals surface area contributed by atoms with E-state index in [1.807, 2.05) is 24.3 Å². The molecule has 0 aromatic carbocycles. The van der Waals surface area contributed by atoms with Crippen LogP contribution >= 0.6 is 22.7 Å². The van der Waals surface area contributed by atoms with Gasteiger partial charge in [0.15, 0.2) is 0 Å². The van der Waals surface area contributed by atoms with Gasteiger partial charge in [0.25, 0.3) is 0 Å². The molecule has 4 nitrogen and oxygen atoms in total. The summed E-state index contributed by atoms with van der Waals surface area (Å²) in [5.74, 6) is 1.70. The second kappa shape index (κ2) is 7.19. The van der Waals surface area contributed by atoms with Gasteiger partial charge in [-0.1, -0.05) is 12.1 Å². The molecule has 0 spiro atoms. The van der Waals surface area contributed by atoms with Crippen LogP contribution in [0.2, 0.25) is 0 Å². The minimum Gasteiger partial charge on any atom is -0.440 e. The molecule has 4 rings (SSSR count). The van der Waals surface area contributed by atoms with Crippen LogP contribution in [0, 0.1) is 6.92 Å². The lowest BCUT2D eigenvalue weighted by atomic mass is 10.2. The molecule has 6 heteroatoms. The number of piperazine rings is 1. The van der Waals surface area contributed by atoms with Crippen LogP contribution in [0.5, 0.6) is 0 Å². The summed E-state index contributed by atoms with van der Waals surface area (Å²) in [5, 5.41) is 4.21. The van der Waals surface area contributed by atoms with E-state index < -0.39 is 0 Å². The van der Waals surface area contributed by atoms with E-state index in [0.717, 1.165) is 61.5 Å². The first-order valence-electron chi connectivity index (χ1n) is 8.25. The predicted octanol–water partition coefficient (Wildman–Crippen LogP) is 4.09. The van der Waals surface area contributed by atoms with Crippen LogP contribution in [0.3, 0.4) is 0 Å². The largest absolute Gasteiger partial charge is 0.440 e. The maximum Gasteiger partial charge on any atom is 0.236 e. The molecule has 0 unspecified atom stereocenters. The van der Waals surface area contributed by atoms with E-state index in [-0.39, 0.29) is 0 Å². The van der Waals surface area contributed by atoms with Gasteiger partial charge in [-0.05, 0) is 29.8 Å². The molecule has 1 aliphatic rings. The number of thiophene rings is 2. The fourth-order valence-electron chi connectivity index (χ4n) is 3.02. The summed E-state index contributed by atoms with van der Waals surface area (Å²) in [6.07, 6.45) is 0. The summed E-state index contributed by atoms with van der Waals surface area (Å²) in [7, 11) is 0. The van der Waals surface area contributed by atoms with Crippen molar-refractivity contribution in [3.63, 3.8) is 0 Å². The monoisotopic (exact) mass is 359 g/mol. The van der Waals surface area contributed by atoms with Gasteiger partial charge >= 0.3 is 0 Å². The van der Waals surface area contributed by atoms with Gasteiger partial charge in [0.05, 0.1) is 10.6 Å². The van der Waals surface area contributed by atoms with Crippen molar-refractivity contribution in [2.45, 2.75) is 20.0 Å². The molecule has 0 bridgehead atoms. The maximum atomic E-state index is 5.86. The number of aromatic nitrogens is 1. The Kier molecular flexibility index (Phi) is 4.80. The van der Waals surface area contributed by atoms with Crippen LogP contribution in [0.25, 0.3) is 10.8 Å². The van der Waals surface area contributed by atoms with Crippen LogP contribution in [-0.4, -0.2) is 41.0 Å². The standard InChI is InChI=1S/C18H21N3OS2/c1-14-16(19-18(22-14)17-5-3-11-24-17)13-21-8-6-20(7-9-21)12-15-4-2-10-23-15/h2-5,10-11H,6-9,12-13H2,1H3.